The first-order valence-corrected chi connectivity index (χ1v) is 5.74. The van der Waals surface area contributed by atoms with Gasteiger partial charge in [0.15, 0.2) is 0 Å². The molecule has 88 valence electrons. The van der Waals surface area contributed by atoms with E-state index in [0.29, 0.717) is 6.54 Å². The summed E-state index contributed by atoms with van der Waals surface area (Å²) in [6, 6.07) is 0. The molecule has 0 bridgehead atoms. The van der Waals surface area contributed by atoms with Gasteiger partial charge in [-0.3, -0.25) is 4.90 Å². The van der Waals surface area contributed by atoms with Gasteiger partial charge in [-0.2, -0.15) is 0 Å². The molecule has 1 saturated heterocycles. The Morgan fingerprint density at radius 2 is 2.00 bits per heavy atom. The maximum atomic E-state index is 10.5. The topological polar surface area (TPSA) is 35.6 Å². The quantitative estimate of drug-likeness (QED) is 0.560. The Morgan fingerprint density at radius 1 is 1.27 bits per heavy atom. The van der Waals surface area contributed by atoms with Crippen molar-refractivity contribution in [3.05, 3.63) is 0 Å². The molecule has 1 fully saturated rings. The highest BCUT2D eigenvalue weighted by Crippen LogP contribution is 2.08. The summed E-state index contributed by atoms with van der Waals surface area (Å²) in [5.74, 6) is 0.832. The second kappa shape index (κ2) is 6.93. The third-order valence-electron chi connectivity index (χ3n) is 2.92. The number of nitrogens with one attached hydrogen (secondary N) is 1. The minimum Gasteiger partial charge on any atom is -0.316 e. The summed E-state index contributed by atoms with van der Waals surface area (Å²) in [6.07, 6.45) is 2.23. The van der Waals surface area contributed by atoms with Crippen molar-refractivity contribution in [1.82, 2.24) is 15.1 Å². The van der Waals surface area contributed by atoms with Gasteiger partial charge in [0.05, 0.1) is 6.54 Å². The Hall–Kier alpha value is -0.450. The molecule has 0 saturated carbocycles. The number of carbonyl (C=O) groups is 1. The van der Waals surface area contributed by atoms with E-state index in [1.807, 2.05) is 0 Å². The van der Waals surface area contributed by atoms with Crippen LogP contribution in [0.5, 0.6) is 0 Å². The van der Waals surface area contributed by atoms with Crippen molar-refractivity contribution < 1.29 is 4.79 Å². The molecule has 4 nitrogen and oxygen atoms in total. The Kier molecular flexibility index (Phi) is 5.83. The van der Waals surface area contributed by atoms with E-state index >= 15 is 0 Å². The van der Waals surface area contributed by atoms with Gasteiger partial charge in [0.1, 0.15) is 6.29 Å². The summed E-state index contributed by atoms with van der Waals surface area (Å²) in [4.78, 5) is 14.9. The van der Waals surface area contributed by atoms with Crippen molar-refractivity contribution in [2.24, 2.45) is 5.92 Å². The smallest absolute Gasteiger partial charge is 0.133 e. The van der Waals surface area contributed by atoms with Crippen LogP contribution in [0.25, 0.3) is 0 Å². The first-order valence-electron chi connectivity index (χ1n) is 5.74. The molecular formula is C11H23N3O. The van der Waals surface area contributed by atoms with E-state index in [4.69, 9.17) is 0 Å². The molecule has 0 atom stereocenters. The van der Waals surface area contributed by atoms with E-state index in [2.05, 4.69) is 29.2 Å². The number of carbonyl (C=O) groups excluding carboxylic acids is 1. The first kappa shape index (κ1) is 12.6. The summed E-state index contributed by atoms with van der Waals surface area (Å²) in [7, 11) is 4.13. The van der Waals surface area contributed by atoms with E-state index in [9.17, 15) is 4.79 Å². The van der Waals surface area contributed by atoms with Crippen LogP contribution in [0.4, 0.5) is 0 Å². The lowest BCUT2D eigenvalue weighted by Gasteiger charge is -2.30. The summed E-state index contributed by atoms with van der Waals surface area (Å²) in [5, 5.41) is 3.27. The lowest BCUT2D eigenvalue weighted by atomic mass is 9.99. The van der Waals surface area contributed by atoms with E-state index in [-0.39, 0.29) is 0 Å². The average Bonchev–Trinajstić information content (AvgIpc) is 2.11. The van der Waals surface area contributed by atoms with E-state index in [1.54, 1.807) is 0 Å². The van der Waals surface area contributed by atoms with Crippen molar-refractivity contribution in [3.63, 3.8) is 0 Å². The van der Waals surface area contributed by atoms with Crippen molar-refractivity contribution in [3.8, 4) is 0 Å². The van der Waals surface area contributed by atoms with Crippen molar-refractivity contribution in [2.45, 2.75) is 6.42 Å². The van der Waals surface area contributed by atoms with Gasteiger partial charge in [0.25, 0.3) is 0 Å². The fourth-order valence-corrected chi connectivity index (χ4v) is 1.66. The van der Waals surface area contributed by atoms with Crippen LogP contribution in [0.3, 0.4) is 0 Å². The molecule has 0 aromatic heterocycles. The van der Waals surface area contributed by atoms with E-state index in [1.165, 1.54) is 6.42 Å². The van der Waals surface area contributed by atoms with Gasteiger partial charge < -0.3 is 15.0 Å². The Labute approximate surface area is 92.6 Å². The average molecular weight is 213 g/mol. The van der Waals surface area contributed by atoms with Gasteiger partial charge in [0.2, 0.25) is 0 Å². The lowest BCUT2D eigenvalue weighted by molar-refractivity contribution is -0.109. The molecule has 1 rings (SSSR count). The van der Waals surface area contributed by atoms with Gasteiger partial charge in [-0.05, 0) is 46.1 Å². The maximum Gasteiger partial charge on any atom is 0.133 e. The van der Waals surface area contributed by atoms with Crippen LogP contribution in [-0.4, -0.2) is 69.4 Å². The van der Waals surface area contributed by atoms with Crippen molar-refractivity contribution in [1.29, 1.82) is 0 Å². The second-order valence-electron chi connectivity index (χ2n) is 4.58. The second-order valence-corrected chi connectivity index (χ2v) is 4.58. The largest absolute Gasteiger partial charge is 0.316 e. The Balaban J connectivity index is 2.13. The fourth-order valence-electron chi connectivity index (χ4n) is 1.66. The zero-order valence-electron chi connectivity index (χ0n) is 9.91. The SMILES string of the molecule is CN(C)CCN(CC=O)CCC1CNC1. The third-order valence-corrected chi connectivity index (χ3v) is 2.92. The summed E-state index contributed by atoms with van der Waals surface area (Å²) in [5.41, 5.74) is 0. The predicted molar refractivity (Wildman–Crippen MR) is 62.0 cm³/mol. The molecule has 1 aliphatic rings. The zero-order valence-corrected chi connectivity index (χ0v) is 9.91. The molecule has 15 heavy (non-hydrogen) atoms. The maximum absolute atomic E-state index is 10.5. The predicted octanol–water partition coefficient (Wildman–Crippen LogP) is -0.342. The monoisotopic (exact) mass is 213 g/mol. The van der Waals surface area contributed by atoms with Gasteiger partial charge in [-0.1, -0.05) is 0 Å². The highest BCUT2D eigenvalue weighted by molar-refractivity contribution is 5.51. The molecule has 1 aliphatic heterocycles. The summed E-state index contributed by atoms with van der Waals surface area (Å²) < 4.78 is 0. The summed E-state index contributed by atoms with van der Waals surface area (Å²) >= 11 is 0. The fraction of sp³-hybridized carbons (Fsp3) is 0.909. The number of hydrogen-bond donors (Lipinski definition) is 1. The van der Waals surface area contributed by atoms with E-state index < -0.39 is 0 Å². The lowest BCUT2D eigenvalue weighted by Crippen LogP contribution is -2.44. The molecule has 0 aromatic rings. The van der Waals surface area contributed by atoms with Crippen LogP contribution < -0.4 is 5.32 Å². The minimum absolute atomic E-state index is 0.577. The zero-order chi connectivity index (χ0) is 11.1. The standard InChI is InChI=1S/C11H23N3O/c1-13(2)5-6-14(7-8-15)4-3-11-9-12-10-11/h8,11-12H,3-7,9-10H2,1-2H3. The number of hydrogen-bond acceptors (Lipinski definition) is 4. The Morgan fingerprint density at radius 3 is 2.47 bits per heavy atom. The van der Waals surface area contributed by atoms with Crippen LogP contribution in [0, 0.1) is 5.92 Å². The van der Waals surface area contributed by atoms with Gasteiger partial charge in [-0.15, -0.1) is 0 Å². The van der Waals surface area contributed by atoms with Crippen LogP contribution >= 0.6 is 0 Å². The summed E-state index contributed by atoms with van der Waals surface area (Å²) in [6.45, 7) is 5.96. The number of likely N-dealkylation sites (N-methyl/N-ethyl adjacent to an activating group) is 1. The highest BCUT2D eigenvalue weighted by Gasteiger charge is 2.17. The van der Waals surface area contributed by atoms with Crippen LogP contribution in [0.2, 0.25) is 0 Å². The van der Waals surface area contributed by atoms with Crippen molar-refractivity contribution >= 4 is 6.29 Å². The molecule has 0 unspecified atom stereocenters. The molecule has 0 spiro atoms. The van der Waals surface area contributed by atoms with Crippen LogP contribution in [0.1, 0.15) is 6.42 Å². The van der Waals surface area contributed by atoms with Crippen LogP contribution in [-0.2, 0) is 4.79 Å². The molecule has 0 aliphatic carbocycles. The normalized spacial score (nSPS) is 17.1. The minimum atomic E-state index is 0.577. The molecular weight excluding hydrogens is 190 g/mol. The molecule has 0 radical (unpaired) electrons. The number of aldehydes is 1. The molecule has 0 aromatic carbocycles. The molecule has 4 heteroatoms. The van der Waals surface area contributed by atoms with Gasteiger partial charge in [-0.25, -0.2) is 0 Å². The Bertz CT molecular complexity index is 181. The van der Waals surface area contributed by atoms with Crippen LogP contribution in [0.15, 0.2) is 0 Å². The van der Waals surface area contributed by atoms with Gasteiger partial charge >= 0.3 is 0 Å². The third kappa shape index (κ3) is 5.25. The number of rotatable bonds is 8. The molecule has 1 heterocycles. The molecule has 0 amide bonds. The molecule has 1 N–H and O–H groups in total. The highest BCUT2D eigenvalue weighted by atomic mass is 16.1. The first-order chi connectivity index (χ1) is 7.22. The number of nitrogens with zero attached hydrogens (tertiary/aromatic N) is 2. The van der Waals surface area contributed by atoms with Crippen molar-refractivity contribution in [2.75, 3.05) is 53.4 Å². The van der Waals surface area contributed by atoms with E-state index in [0.717, 1.165) is 44.9 Å². The van der Waals surface area contributed by atoms with Gasteiger partial charge in [0, 0.05) is 13.1 Å².